The van der Waals surface area contributed by atoms with Gasteiger partial charge in [0.15, 0.2) is 0 Å². The van der Waals surface area contributed by atoms with Gasteiger partial charge in [-0.15, -0.1) is 0 Å². The van der Waals surface area contributed by atoms with Crippen LogP contribution in [-0.2, 0) is 23.1 Å². The number of halogens is 3. The average molecular weight is 468 g/mol. The first-order valence-corrected chi connectivity index (χ1v) is 11.8. The molecule has 172 valence electrons. The largest absolute Gasteiger partial charge is 0.534 e. The lowest BCUT2D eigenvalue weighted by Gasteiger charge is -2.41. The van der Waals surface area contributed by atoms with Crippen LogP contribution in [0.4, 0.5) is 13.2 Å². The van der Waals surface area contributed by atoms with Crippen LogP contribution in [-0.4, -0.2) is 55.3 Å². The minimum absolute atomic E-state index is 0.0506. The quantitative estimate of drug-likeness (QED) is 0.496. The molecule has 2 aromatic rings. The Morgan fingerprint density at radius 3 is 2.53 bits per heavy atom. The van der Waals surface area contributed by atoms with Gasteiger partial charge in [-0.1, -0.05) is 30.3 Å². The number of rotatable bonds is 5. The summed E-state index contributed by atoms with van der Waals surface area (Å²) in [5.74, 6) is -0.642. The number of alkyl halides is 3. The maximum absolute atomic E-state index is 13.1. The number of benzene rings is 2. The molecule has 10 heteroatoms. The fourth-order valence-corrected chi connectivity index (χ4v) is 4.78. The van der Waals surface area contributed by atoms with Gasteiger partial charge in [-0.25, -0.2) is 0 Å². The number of hydrogen-bond acceptors (Lipinski definition) is 5. The SMILES string of the molecule is O=C1c2ccc(OS(=O)(=O)C(F)(F)F)cc2CCN1[C@@H]1CCCN(Cc2ccccc2)C1. The highest BCUT2D eigenvalue weighted by Gasteiger charge is 2.48. The number of fused-ring (bicyclic) bond motifs is 1. The molecule has 0 unspecified atom stereocenters. The van der Waals surface area contributed by atoms with E-state index in [1.807, 2.05) is 23.1 Å². The van der Waals surface area contributed by atoms with Crippen LogP contribution in [0.25, 0.3) is 0 Å². The highest BCUT2D eigenvalue weighted by Crippen LogP contribution is 2.31. The first kappa shape index (κ1) is 22.6. The minimum Gasteiger partial charge on any atom is -0.376 e. The highest BCUT2D eigenvalue weighted by atomic mass is 32.2. The maximum Gasteiger partial charge on any atom is 0.534 e. The summed E-state index contributed by atoms with van der Waals surface area (Å²) in [7, 11) is -5.75. The summed E-state index contributed by atoms with van der Waals surface area (Å²) >= 11 is 0. The molecule has 6 nitrogen and oxygen atoms in total. The molecule has 2 aromatic carbocycles. The van der Waals surface area contributed by atoms with Crippen molar-refractivity contribution in [1.29, 1.82) is 0 Å². The summed E-state index contributed by atoms with van der Waals surface area (Å²) in [5.41, 5.74) is -3.45. The van der Waals surface area contributed by atoms with Gasteiger partial charge in [0.05, 0.1) is 0 Å². The molecule has 32 heavy (non-hydrogen) atoms. The third-order valence-corrected chi connectivity index (χ3v) is 6.83. The fraction of sp³-hybridized carbons (Fsp3) is 0.409. The number of hydrogen-bond donors (Lipinski definition) is 0. The molecule has 1 fully saturated rings. The zero-order chi connectivity index (χ0) is 22.9. The fourth-order valence-electron chi connectivity index (χ4n) is 4.33. The van der Waals surface area contributed by atoms with E-state index in [1.165, 1.54) is 17.7 Å². The molecule has 4 rings (SSSR count). The lowest BCUT2D eigenvalue weighted by Crippen LogP contribution is -2.52. The van der Waals surface area contributed by atoms with Gasteiger partial charge in [0.2, 0.25) is 0 Å². The summed E-state index contributed by atoms with van der Waals surface area (Å²) in [6.07, 6.45) is 2.27. The van der Waals surface area contributed by atoms with Gasteiger partial charge in [-0.05, 0) is 55.1 Å². The van der Waals surface area contributed by atoms with Crippen molar-refractivity contribution < 1.29 is 30.6 Å². The van der Waals surface area contributed by atoms with Crippen LogP contribution in [0.5, 0.6) is 5.75 Å². The van der Waals surface area contributed by atoms with Crippen LogP contribution in [0, 0.1) is 0 Å². The number of piperidine rings is 1. The lowest BCUT2D eigenvalue weighted by molar-refractivity contribution is -0.0500. The molecule has 0 spiro atoms. The predicted molar refractivity (Wildman–Crippen MR) is 112 cm³/mol. The molecule has 2 aliphatic rings. The van der Waals surface area contributed by atoms with Crippen LogP contribution >= 0.6 is 0 Å². The van der Waals surface area contributed by atoms with Gasteiger partial charge in [-0.3, -0.25) is 9.69 Å². The Kier molecular flexibility index (Phi) is 6.17. The second-order valence-corrected chi connectivity index (χ2v) is 9.61. The number of carbonyl (C=O) groups excluding carboxylic acids is 1. The normalized spacial score (nSPS) is 20.2. The van der Waals surface area contributed by atoms with E-state index < -0.39 is 21.4 Å². The van der Waals surface area contributed by atoms with Crippen LogP contribution in [0.2, 0.25) is 0 Å². The first-order valence-electron chi connectivity index (χ1n) is 10.3. The molecule has 0 radical (unpaired) electrons. The van der Waals surface area contributed by atoms with Crippen LogP contribution in [0.1, 0.15) is 34.3 Å². The lowest BCUT2D eigenvalue weighted by atomic mass is 9.95. The molecule has 0 bridgehead atoms. The third kappa shape index (κ3) is 4.75. The molecule has 2 aliphatic heterocycles. The standard InChI is InChI=1S/C22H23F3N2O4S/c23-22(24,25)32(29,30)31-19-8-9-20-17(13-19)10-12-27(21(20)28)18-7-4-11-26(15-18)14-16-5-2-1-3-6-16/h1-3,5-6,8-9,13,18H,4,7,10-12,14-15H2/t18-/m1/s1. The van der Waals surface area contributed by atoms with Gasteiger partial charge in [0, 0.05) is 31.2 Å². The Morgan fingerprint density at radius 1 is 1.06 bits per heavy atom. The number of likely N-dealkylation sites (tertiary alicyclic amines) is 1. The van der Waals surface area contributed by atoms with Crippen LogP contribution in [0.15, 0.2) is 48.5 Å². The Balaban J connectivity index is 1.45. The van der Waals surface area contributed by atoms with Gasteiger partial charge in [0.1, 0.15) is 5.75 Å². The van der Waals surface area contributed by atoms with Crippen molar-refractivity contribution in [2.75, 3.05) is 19.6 Å². The summed E-state index contributed by atoms with van der Waals surface area (Å²) in [6, 6.07) is 13.8. The zero-order valence-corrected chi connectivity index (χ0v) is 18.0. The van der Waals surface area contributed by atoms with E-state index in [0.717, 1.165) is 38.5 Å². The monoisotopic (exact) mass is 468 g/mol. The van der Waals surface area contributed by atoms with Crippen molar-refractivity contribution in [3.63, 3.8) is 0 Å². The smallest absolute Gasteiger partial charge is 0.376 e. The van der Waals surface area contributed by atoms with Crippen molar-refractivity contribution in [3.05, 3.63) is 65.2 Å². The number of amides is 1. The first-order chi connectivity index (χ1) is 15.1. The van der Waals surface area contributed by atoms with E-state index >= 15 is 0 Å². The third-order valence-electron chi connectivity index (χ3n) is 5.85. The summed E-state index contributed by atoms with van der Waals surface area (Å²) in [5, 5.41) is 0. The molecular weight excluding hydrogens is 445 g/mol. The molecule has 0 aromatic heterocycles. The molecule has 1 amide bonds. The Bertz CT molecular complexity index is 1090. The van der Waals surface area contributed by atoms with E-state index in [9.17, 15) is 26.4 Å². The van der Waals surface area contributed by atoms with E-state index in [-0.39, 0.29) is 11.9 Å². The van der Waals surface area contributed by atoms with Crippen molar-refractivity contribution >= 4 is 16.0 Å². The second kappa shape index (κ2) is 8.74. The van der Waals surface area contributed by atoms with Gasteiger partial charge in [0.25, 0.3) is 5.91 Å². The summed E-state index contributed by atoms with van der Waals surface area (Å²) < 4.78 is 64.4. The zero-order valence-electron chi connectivity index (χ0n) is 17.2. The number of carbonyl (C=O) groups is 1. The molecule has 1 atom stereocenters. The van der Waals surface area contributed by atoms with E-state index in [2.05, 4.69) is 21.2 Å². The Hall–Kier alpha value is -2.59. The molecule has 0 saturated carbocycles. The highest BCUT2D eigenvalue weighted by molar-refractivity contribution is 7.88. The molecule has 1 saturated heterocycles. The maximum atomic E-state index is 13.1. The van der Waals surface area contributed by atoms with Gasteiger partial charge < -0.3 is 9.08 Å². The van der Waals surface area contributed by atoms with E-state index in [4.69, 9.17) is 0 Å². The summed E-state index contributed by atoms with van der Waals surface area (Å²) in [6.45, 7) is 2.94. The van der Waals surface area contributed by atoms with Crippen molar-refractivity contribution in [2.24, 2.45) is 0 Å². The predicted octanol–water partition coefficient (Wildman–Crippen LogP) is 3.58. The van der Waals surface area contributed by atoms with E-state index in [0.29, 0.717) is 24.1 Å². The topological polar surface area (TPSA) is 66.9 Å². The van der Waals surface area contributed by atoms with Gasteiger partial charge >= 0.3 is 15.6 Å². The minimum atomic E-state index is -5.75. The van der Waals surface area contributed by atoms with E-state index in [1.54, 1.807) is 0 Å². The average Bonchev–Trinajstić information content (AvgIpc) is 2.74. The molecule has 0 N–H and O–H groups in total. The molecule has 0 aliphatic carbocycles. The second-order valence-electron chi connectivity index (χ2n) is 8.07. The summed E-state index contributed by atoms with van der Waals surface area (Å²) in [4.78, 5) is 17.3. The van der Waals surface area contributed by atoms with Crippen molar-refractivity contribution in [2.45, 2.75) is 37.4 Å². The van der Waals surface area contributed by atoms with Gasteiger partial charge in [-0.2, -0.15) is 21.6 Å². The van der Waals surface area contributed by atoms with Crippen LogP contribution < -0.4 is 4.18 Å². The number of nitrogens with zero attached hydrogens (tertiary/aromatic N) is 2. The molecular formula is C22H23F3N2O4S. The van der Waals surface area contributed by atoms with Crippen molar-refractivity contribution in [3.8, 4) is 5.75 Å². The van der Waals surface area contributed by atoms with Crippen LogP contribution in [0.3, 0.4) is 0 Å². The van der Waals surface area contributed by atoms with Crippen molar-refractivity contribution in [1.82, 2.24) is 9.80 Å². The Labute approximate surface area is 184 Å². The Morgan fingerprint density at radius 2 is 1.81 bits per heavy atom. The molecule has 2 heterocycles.